The third-order valence-corrected chi connectivity index (χ3v) is 7.67. The predicted molar refractivity (Wildman–Crippen MR) is 164 cm³/mol. The van der Waals surface area contributed by atoms with Crippen molar-refractivity contribution in [3.63, 3.8) is 0 Å². The number of amides is 3. The van der Waals surface area contributed by atoms with E-state index in [1.807, 2.05) is 13.8 Å². The van der Waals surface area contributed by atoms with Crippen LogP contribution in [0.25, 0.3) is 0 Å². The van der Waals surface area contributed by atoms with Gasteiger partial charge >= 0.3 is 0 Å². The molecule has 0 bridgehead atoms. The molecular formula is C30H45N5O7S. The number of hydrazine groups is 1. The van der Waals surface area contributed by atoms with Gasteiger partial charge in [0.25, 0.3) is 11.8 Å². The number of aromatic hydroxyl groups is 1. The van der Waals surface area contributed by atoms with Gasteiger partial charge in [-0.1, -0.05) is 46.8 Å². The van der Waals surface area contributed by atoms with Crippen LogP contribution in [-0.2, 0) is 21.2 Å². The Morgan fingerprint density at radius 2 is 1.53 bits per heavy atom. The van der Waals surface area contributed by atoms with Crippen molar-refractivity contribution >= 4 is 27.7 Å². The topological polar surface area (TPSA) is 182 Å². The smallest absolute Gasteiger partial charge is 0.253 e. The number of hydrogen-bond donors (Lipinski definition) is 5. The van der Waals surface area contributed by atoms with E-state index in [-0.39, 0.29) is 46.6 Å². The average molecular weight is 620 g/mol. The molecule has 2 atom stereocenters. The number of benzene rings is 2. The number of phenols is 1. The van der Waals surface area contributed by atoms with E-state index in [1.165, 1.54) is 23.2 Å². The molecule has 6 N–H and O–H groups in total. The van der Waals surface area contributed by atoms with Crippen molar-refractivity contribution in [1.82, 2.24) is 20.7 Å². The number of likely N-dealkylation sites (N-methyl/N-ethyl adjacent to an activating group) is 1. The van der Waals surface area contributed by atoms with Gasteiger partial charge in [0.2, 0.25) is 15.9 Å². The maximum absolute atomic E-state index is 13.6. The van der Waals surface area contributed by atoms with Crippen molar-refractivity contribution in [2.75, 3.05) is 26.2 Å². The van der Waals surface area contributed by atoms with Crippen LogP contribution in [0.2, 0.25) is 0 Å². The fourth-order valence-electron chi connectivity index (χ4n) is 4.37. The van der Waals surface area contributed by atoms with Crippen LogP contribution in [0.1, 0.15) is 73.7 Å². The maximum atomic E-state index is 13.6. The minimum absolute atomic E-state index is 0.00256. The van der Waals surface area contributed by atoms with E-state index in [9.17, 15) is 33.0 Å². The number of nitrogens with zero attached hydrogens (tertiary/aromatic N) is 2. The summed E-state index contributed by atoms with van der Waals surface area (Å²) < 4.78 is 24.6. The van der Waals surface area contributed by atoms with Crippen LogP contribution in [0.3, 0.4) is 0 Å². The summed E-state index contributed by atoms with van der Waals surface area (Å²) in [6, 6.07) is 8.91. The summed E-state index contributed by atoms with van der Waals surface area (Å²) in [7, 11) is -4.27. The van der Waals surface area contributed by atoms with E-state index < -0.39 is 34.0 Å². The van der Waals surface area contributed by atoms with Gasteiger partial charge in [-0.15, -0.1) is 0 Å². The van der Waals surface area contributed by atoms with Crippen molar-refractivity contribution in [2.24, 2.45) is 11.1 Å². The van der Waals surface area contributed by atoms with Gasteiger partial charge in [0.05, 0.1) is 17.0 Å². The first-order valence-electron chi connectivity index (χ1n) is 14.5. The lowest BCUT2D eigenvalue weighted by Gasteiger charge is -2.30. The highest BCUT2D eigenvalue weighted by atomic mass is 32.2. The van der Waals surface area contributed by atoms with E-state index in [1.54, 1.807) is 37.8 Å². The lowest BCUT2D eigenvalue weighted by molar-refractivity contribution is -0.129. The van der Waals surface area contributed by atoms with Crippen LogP contribution in [0.4, 0.5) is 0 Å². The first-order chi connectivity index (χ1) is 20.2. The second-order valence-corrected chi connectivity index (χ2v) is 12.3. The minimum atomic E-state index is -4.27. The second-order valence-electron chi connectivity index (χ2n) is 10.8. The Morgan fingerprint density at radius 1 is 0.953 bits per heavy atom. The Bertz CT molecular complexity index is 1340. The molecule has 0 spiro atoms. The Hall–Kier alpha value is -3.52. The molecule has 0 heterocycles. The van der Waals surface area contributed by atoms with Gasteiger partial charge in [-0.05, 0) is 55.2 Å². The lowest BCUT2D eigenvalue weighted by atomic mass is 9.99. The van der Waals surface area contributed by atoms with Gasteiger partial charge in [-0.25, -0.2) is 18.6 Å². The zero-order valence-electron chi connectivity index (χ0n) is 25.5. The fourth-order valence-corrected chi connectivity index (χ4v) is 4.95. The zero-order valence-corrected chi connectivity index (χ0v) is 26.4. The number of nitrogens with two attached hydrogens (primary N) is 1. The molecule has 12 nitrogen and oxygen atoms in total. The first-order valence-corrected chi connectivity index (χ1v) is 16.0. The standard InChI is InChI=1S/C30H45N5O7S/c1-6-13-34(14-7-2)30(40)23-16-22(17-25(18-23)43(31,41)42)29(39)32-26(15-21-9-11-24(36)12-10-21)27(37)19-35(8-3)33-28(38)20(4)5/h9-12,16-18,20,26-27,36-37H,6-8,13-15,19H2,1-5H3,(H,32,39)(H,33,38)(H2,31,41,42). The summed E-state index contributed by atoms with van der Waals surface area (Å²) in [4.78, 5) is 40.4. The Balaban J connectivity index is 2.46. The van der Waals surface area contributed by atoms with Crippen LogP contribution in [0, 0.1) is 5.92 Å². The van der Waals surface area contributed by atoms with Crippen molar-refractivity contribution < 1.29 is 33.0 Å². The summed E-state index contributed by atoms with van der Waals surface area (Å²) in [6.45, 7) is 10.4. The van der Waals surface area contributed by atoms with Gasteiger partial charge in [-0.2, -0.15) is 0 Å². The molecule has 2 aromatic rings. The van der Waals surface area contributed by atoms with Crippen molar-refractivity contribution in [3.05, 3.63) is 59.2 Å². The summed E-state index contributed by atoms with van der Waals surface area (Å²) in [6.07, 6.45) is 0.343. The molecule has 0 aliphatic rings. The molecule has 2 aromatic carbocycles. The molecule has 43 heavy (non-hydrogen) atoms. The maximum Gasteiger partial charge on any atom is 0.253 e. The molecule has 13 heteroatoms. The molecule has 0 aromatic heterocycles. The van der Waals surface area contributed by atoms with Crippen molar-refractivity contribution in [1.29, 1.82) is 0 Å². The molecule has 2 rings (SSSR count). The molecule has 0 saturated heterocycles. The highest BCUT2D eigenvalue weighted by Crippen LogP contribution is 2.19. The number of carbonyl (C=O) groups excluding carboxylic acids is 3. The van der Waals surface area contributed by atoms with Gasteiger partial charge in [-0.3, -0.25) is 19.8 Å². The molecule has 0 fully saturated rings. The number of aliphatic hydroxyl groups excluding tert-OH is 1. The number of phenolic OH excluding ortho intramolecular Hbond substituents is 1. The zero-order chi connectivity index (χ0) is 32.3. The van der Waals surface area contributed by atoms with Gasteiger partial charge < -0.3 is 20.4 Å². The van der Waals surface area contributed by atoms with Crippen LogP contribution >= 0.6 is 0 Å². The molecule has 238 valence electrons. The first kappa shape index (κ1) is 35.7. The van der Waals surface area contributed by atoms with Crippen LogP contribution in [0.5, 0.6) is 5.75 Å². The molecule has 0 saturated carbocycles. The van der Waals surface area contributed by atoms with E-state index in [2.05, 4.69) is 10.7 Å². The highest BCUT2D eigenvalue weighted by Gasteiger charge is 2.27. The highest BCUT2D eigenvalue weighted by molar-refractivity contribution is 7.89. The summed E-state index contributed by atoms with van der Waals surface area (Å²) in [5.74, 6) is -1.62. The largest absolute Gasteiger partial charge is 0.508 e. The number of nitrogens with one attached hydrogen (secondary N) is 2. The summed E-state index contributed by atoms with van der Waals surface area (Å²) >= 11 is 0. The van der Waals surface area contributed by atoms with E-state index in [0.29, 0.717) is 38.0 Å². The quantitative estimate of drug-likeness (QED) is 0.177. The van der Waals surface area contributed by atoms with Crippen LogP contribution < -0.4 is 15.9 Å². The Kier molecular flexibility index (Phi) is 13.6. The number of sulfonamides is 1. The van der Waals surface area contributed by atoms with Gasteiger partial charge in [0.1, 0.15) is 5.75 Å². The minimum Gasteiger partial charge on any atom is -0.508 e. The van der Waals surface area contributed by atoms with E-state index in [0.717, 1.165) is 12.1 Å². The van der Waals surface area contributed by atoms with Crippen molar-refractivity contribution in [2.45, 2.75) is 70.9 Å². The monoisotopic (exact) mass is 619 g/mol. The Labute approximate surface area is 254 Å². The lowest BCUT2D eigenvalue weighted by Crippen LogP contribution is -2.53. The number of primary sulfonamides is 1. The SMILES string of the molecule is CCCN(CCC)C(=O)c1cc(C(=O)NC(Cc2ccc(O)cc2)C(O)CN(CC)NC(=O)C(C)C)cc(S(N)(=O)=O)c1. The molecule has 0 aliphatic carbocycles. The number of hydrogen-bond acceptors (Lipinski definition) is 8. The van der Waals surface area contributed by atoms with Crippen molar-refractivity contribution in [3.8, 4) is 5.75 Å². The Morgan fingerprint density at radius 3 is 2.05 bits per heavy atom. The third-order valence-electron chi connectivity index (χ3n) is 6.77. The van der Waals surface area contributed by atoms with Gasteiger partial charge in [0.15, 0.2) is 0 Å². The summed E-state index contributed by atoms with van der Waals surface area (Å²) in [5, 5.41) is 30.7. The van der Waals surface area contributed by atoms with Gasteiger partial charge in [0, 0.05) is 43.2 Å². The average Bonchev–Trinajstić information content (AvgIpc) is 2.96. The van der Waals surface area contributed by atoms with Crippen LogP contribution in [-0.4, -0.2) is 84.6 Å². The summed E-state index contributed by atoms with van der Waals surface area (Å²) in [5.41, 5.74) is 3.33. The number of rotatable bonds is 16. The number of aliphatic hydroxyl groups is 1. The molecule has 0 aliphatic heterocycles. The number of carbonyl (C=O) groups is 3. The normalized spacial score (nSPS) is 13.0. The van der Waals surface area contributed by atoms with Crippen LogP contribution in [0.15, 0.2) is 47.4 Å². The fraction of sp³-hybridized carbons (Fsp3) is 0.500. The molecule has 0 radical (unpaired) electrons. The predicted octanol–water partition coefficient (Wildman–Crippen LogP) is 2.01. The molecular weight excluding hydrogens is 574 g/mol. The molecule has 3 amide bonds. The second kappa shape index (κ2) is 16.4. The van der Waals surface area contributed by atoms with E-state index in [4.69, 9.17) is 5.14 Å². The molecule has 2 unspecified atom stereocenters. The van der Waals surface area contributed by atoms with E-state index >= 15 is 0 Å². The third kappa shape index (κ3) is 10.9.